The molecule has 2 rings (SSSR count). The van der Waals surface area contributed by atoms with Crippen LogP contribution in [0.15, 0.2) is 12.4 Å². The number of amides is 2. The molecule has 0 unspecified atom stereocenters. The van der Waals surface area contributed by atoms with Crippen LogP contribution in [0.3, 0.4) is 0 Å². The summed E-state index contributed by atoms with van der Waals surface area (Å²) in [5, 5.41) is 9.98. The topological polar surface area (TPSA) is 59.0 Å². The van der Waals surface area contributed by atoms with Crippen molar-refractivity contribution in [3.8, 4) is 0 Å². The van der Waals surface area contributed by atoms with E-state index in [-0.39, 0.29) is 12.1 Å². The number of rotatable bonds is 5. The van der Waals surface area contributed by atoms with Gasteiger partial charge >= 0.3 is 6.03 Å². The summed E-state index contributed by atoms with van der Waals surface area (Å²) < 4.78 is 1.79. The largest absolute Gasteiger partial charge is 0.335 e. The first kappa shape index (κ1) is 14.9. The number of hydrogen-bond donors (Lipinski definition) is 2. The Hall–Kier alpha value is -1.52. The van der Waals surface area contributed by atoms with Crippen molar-refractivity contribution >= 4 is 11.7 Å². The normalized spacial score (nSPS) is 17.7. The lowest BCUT2D eigenvalue weighted by Crippen LogP contribution is -2.37. The molecule has 0 saturated heterocycles. The molecule has 2 amide bonds. The molecule has 0 aromatic carbocycles. The van der Waals surface area contributed by atoms with Gasteiger partial charge in [-0.15, -0.1) is 0 Å². The minimum atomic E-state index is -0.135. The average molecular weight is 278 g/mol. The highest BCUT2D eigenvalue weighted by Crippen LogP contribution is 2.27. The van der Waals surface area contributed by atoms with E-state index in [0.717, 1.165) is 24.6 Å². The summed E-state index contributed by atoms with van der Waals surface area (Å²) in [5.74, 6) is 0.780. The number of carbonyl (C=O) groups is 1. The van der Waals surface area contributed by atoms with Gasteiger partial charge in [0.2, 0.25) is 0 Å². The average Bonchev–Trinajstić information content (AvgIpc) is 2.87. The molecule has 20 heavy (non-hydrogen) atoms. The number of anilines is 1. The third-order valence-electron chi connectivity index (χ3n) is 4.00. The van der Waals surface area contributed by atoms with Crippen LogP contribution in [0.1, 0.15) is 52.4 Å². The molecule has 5 nitrogen and oxygen atoms in total. The molecule has 1 fully saturated rings. The van der Waals surface area contributed by atoms with E-state index >= 15 is 0 Å². The number of carbonyl (C=O) groups excluding carboxylic acids is 1. The lowest BCUT2D eigenvalue weighted by Gasteiger charge is -2.25. The maximum Gasteiger partial charge on any atom is 0.319 e. The molecule has 1 aromatic rings. The number of aromatic nitrogens is 2. The zero-order valence-corrected chi connectivity index (χ0v) is 12.6. The number of nitrogens with zero attached hydrogens (tertiary/aromatic N) is 2. The van der Waals surface area contributed by atoms with Crippen LogP contribution in [0, 0.1) is 5.92 Å². The Labute approximate surface area is 121 Å². The second-order valence-electron chi connectivity index (χ2n) is 5.82. The molecule has 0 aliphatic heterocycles. The summed E-state index contributed by atoms with van der Waals surface area (Å²) in [6.45, 7) is 4.91. The molecule has 1 saturated carbocycles. The minimum absolute atomic E-state index is 0.135. The van der Waals surface area contributed by atoms with Crippen molar-refractivity contribution in [3.63, 3.8) is 0 Å². The van der Waals surface area contributed by atoms with Gasteiger partial charge in [-0.2, -0.15) is 5.10 Å². The molecule has 1 heterocycles. The smallest absolute Gasteiger partial charge is 0.319 e. The molecule has 1 aliphatic carbocycles. The van der Waals surface area contributed by atoms with Crippen molar-refractivity contribution in [1.29, 1.82) is 0 Å². The highest BCUT2D eigenvalue weighted by atomic mass is 16.2. The highest BCUT2D eigenvalue weighted by molar-refractivity contribution is 5.89. The summed E-state index contributed by atoms with van der Waals surface area (Å²) in [7, 11) is 0. The minimum Gasteiger partial charge on any atom is -0.335 e. The summed E-state index contributed by atoms with van der Waals surface area (Å²) in [5.41, 5.74) is 0.745. The monoisotopic (exact) mass is 278 g/mol. The first-order chi connectivity index (χ1) is 9.67. The summed E-state index contributed by atoms with van der Waals surface area (Å²) in [4.78, 5) is 11.9. The van der Waals surface area contributed by atoms with Crippen LogP contribution in [0.25, 0.3) is 0 Å². The molecule has 1 aromatic heterocycles. The molecule has 112 valence electrons. The summed E-state index contributed by atoms with van der Waals surface area (Å²) in [6.07, 6.45) is 11.3. The zero-order chi connectivity index (χ0) is 14.4. The van der Waals surface area contributed by atoms with E-state index in [2.05, 4.69) is 22.7 Å². The quantitative estimate of drug-likeness (QED) is 0.867. The van der Waals surface area contributed by atoms with Crippen molar-refractivity contribution in [2.24, 2.45) is 5.92 Å². The van der Waals surface area contributed by atoms with Crippen LogP contribution in [0.4, 0.5) is 10.5 Å². The van der Waals surface area contributed by atoms with Crippen molar-refractivity contribution < 1.29 is 4.79 Å². The number of aryl methyl sites for hydroxylation is 1. The lowest BCUT2D eigenvalue weighted by atomic mass is 9.85. The van der Waals surface area contributed by atoms with Crippen molar-refractivity contribution in [2.75, 3.05) is 5.32 Å². The van der Waals surface area contributed by atoms with Gasteiger partial charge in [0.1, 0.15) is 0 Å². The maximum atomic E-state index is 11.9. The van der Waals surface area contributed by atoms with Crippen LogP contribution in [0.5, 0.6) is 0 Å². The standard InChI is InChI=1S/C15H26N4O/c1-3-19-11-14(10-16-19)18-15(20)17-12(2)9-13-7-5-4-6-8-13/h10-13H,3-9H2,1-2H3,(H2,17,18,20)/t12-/m1/s1. The first-order valence-electron chi connectivity index (χ1n) is 7.77. The second-order valence-corrected chi connectivity index (χ2v) is 5.82. The lowest BCUT2D eigenvalue weighted by molar-refractivity contribution is 0.244. The van der Waals surface area contributed by atoms with Crippen LogP contribution >= 0.6 is 0 Å². The maximum absolute atomic E-state index is 11.9. The number of nitrogens with one attached hydrogen (secondary N) is 2. The Morgan fingerprint density at radius 1 is 1.45 bits per heavy atom. The van der Waals surface area contributed by atoms with E-state index < -0.39 is 0 Å². The molecular formula is C15H26N4O. The van der Waals surface area contributed by atoms with E-state index in [4.69, 9.17) is 0 Å². The third-order valence-corrected chi connectivity index (χ3v) is 4.00. The Bertz CT molecular complexity index is 423. The molecular weight excluding hydrogens is 252 g/mol. The van der Waals surface area contributed by atoms with Gasteiger partial charge in [-0.05, 0) is 26.2 Å². The van der Waals surface area contributed by atoms with Crippen LogP contribution in [-0.4, -0.2) is 21.9 Å². The Balaban J connectivity index is 1.72. The molecule has 1 aliphatic rings. The Morgan fingerprint density at radius 3 is 2.85 bits per heavy atom. The van der Waals surface area contributed by atoms with Crippen molar-refractivity contribution in [2.45, 2.75) is 65.0 Å². The van der Waals surface area contributed by atoms with E-state index in [9.17, 15) is 4.79 Å². The van der Waals surface area contributed by atoms with Gasteiger partial charge in [-0.1, -0.05) is 32.1 Å². The van der Waals surface area contributed by atoms with Crippen LogP contribution < -0.4 is 10.6 Å². The second kappa shape index (κ2) is 7.31. The van der Waals surface area contributed by atoms with Gasteiger partial charge in [0.05, 0.1) is 11.9 Å². The third kappa shape index (κ3) is 4.54. The van der Waals surface area contributed by atoms with Gasteiger partial charge in [0.15, 0.2) is 0 Å². The zero-order valence-electron chi connectivity index (χ0n) is 12.6. The Kier molecular flexibility index (Phi) is 5.44. The van der Waals surface area contributed by atoms with Gasteiger partial charge in [-0.25, -0.2) is 4.79 Å². The predicted octanol–water partition coefficient (Wildman–Crippen LogP) is 3.38. The van der Waals surface area contributed by atoms with E-state index in [1.165, 1.54) is 32.1 Å². The van der Waals surface area contributed by atoms with Crippen LogP contribution in [0.2, 0.25) is 0 Å². The van der Waals surface area contributed by atoms with Gasteiger partial charge in [-0.3, -0.25) is 4.68 Å². The van der Waals surface area contributed by atoms with Crippen molar-refractivity contribution in [3.05, 3.63) is 12.4 Å². The van der Waals surface area contributed by atoms with E-state index in [1.807, 2.05) is 13.1 Å². The highest BCUT2D eigenvalue weighted by Gasteiger charge is 2.17. The molecule has 0 bridgehead atoms. The van der Waals surface area contributed by atoms with Gasteiger partial charge in [0, 0.05) is 18.8 Å². The van der Waals surface area contributed by atoms with E-state index in [0.29, 0.717) is 0 Å². The predicted molar refractivity (Wildman–Crippen MR) is 80.7 cm³/mol. The molecule has 2 N–H and O–H groups in total. The fourth-order valence-corrected chi connectivity index (χ4v) is 2.97. The first-order valence-corrected chi connectivity index (χ1v) is 7.77. The molecule has 1 atom stereocenters. The SMILES string of the molecule is CCn1cc(NC(=O)N[C@H](C)CC2CCCCC2)cn1. The Morgan fingerprint density at radius 2 is 2.20 bits per heavy atom. The summed E-state index contributed by atoms with van der Waals surface area (Å²) in [6, 6.07) is 0.0864. The van der Waals surface area contributed by atoms with Crippen molar-refractivity contribution in [1.82, 2.24) is 15.1 Å². The van der Waals surface area contributed by atoms with Gasteiger partial charge in [0.25, 0.3) is 0 Å². The number of hydrogen-bond acceptors (Lipinski definition) is 2. The molecule has 5 heteroatoms. The van der Waals surface area contributed by atoms with Crippen LogP contribution in [-0.2, 0) is 6.54 Å². The fraction of sp³-hybridized carbons (Fsp3) is 0.733. The fourth-order valence-electron chi connectivity index (χ4n) is 2.97. The van der Waals surface area contributed by atoms with E-state index in [1.54, 1.807) is 10.9 Å². The molecule has 0 spiro atoms. The molecule has 0 radical (unpaired) electrons. The van der Waals surface area contributed by atoms with Gasteiger partial charge < -0.3 is 10.6 Å². The number of urea groups is 1. The summed E-state index contributed by atoms with van der Waals surface area (Å²) >= 11 is 0.